The Morgan fingerprint density at radius 2 is 2.00 bits per heavy atom. The van der Waals surface area contributed by atoms with Crippen molar-refractivity contribution in [3.63, 3.8) is 0 Å². The van der Waals surface area contributed by atoms with Gasteiger partial charge < -0.3 is 4.74 Å². The molecule has 0 atom stereocenters. The lowest BCUT2D eigenvalue weighted by atomic mass is 10.2. The van der Waals surface area contributed by atoms with Crippen molar-refractivity contribution in [2.45, 2.75) is 26.4 Å². The van der Waals surface area contributed by atoms with E-state index in [4.69, 9.17) is 4.74 Å². The number of hydrogen-bond acceptors (Lipinski definition) is 2. The molecular weight excluding hydrogens is 234 g/mol. The summed E-state index contributed by atoms with van der Waals surface area (Å²) in [5, 5.41) is 0. The summed E-state index contributed by atoms with van der Waals surface area (Å²) in [4.78, 5) is 2.41. The average molecular weight is 259 g/mol. The summed E-state index contributed by atoms with van der Waals surface area (Å²) in [5.41, 5.74) is 2.27. The van der Waals surface area contributed by atoms with Crippen molar-refractivity contribution in [3.8, 4) is 0 Å². The number of benzene rings is 1. The predicted molar refractivity (Wildman–Crippen MR) is 82.1 cm³/mol. The summed E-state index contributed by atoms with van der Waals surface area (Å²) < 4.78 is 5.59. The van der Waals surface area contributed by atoms with Gasteiger partial charge in [-0.05, 0) is 25.0 Å². The molecule has 0 radical (unpaired) electrons. The van der Waals surface area contributed by atoms with E-state index in [0.717, 1.165) is 25.3 Å². The molecule has 0 saturated heterocycles. The van der Waals surface area contributed by atoms with Gasteiger partial charge in [-0.2, -0.15) is 0 Å². The van der Waals surface area contributed by atoms with Gasteiger partial charge in [0.05, 0.1) is 13.2 Å². The SMILES string of the molecule is C=CC(=C)COCCN(Cc1ccccc1)C(C)C. The zero-order valence-corrected chi connectivity index (χ0v) is 12.1. The van der Waals surface area contributed by atoms with E-state index in [1.807, 2.05) is 6.07 Å². The first-order valence-electron chi connectivity index (χ1n) is 6.79. The van der Waals surface area contributed by atoms with Gasteiger partial charge in [-0.15, -0.1) is 0 Å². The summed E-state index contributed by atoms with van der Waals surface area (Å²) in [6.45, 7) is 15.1. The van der Waals surface area contributed by atoms with E-state index in [9.17, 15) is 0 Å². The van der Waals surface area contributed by atoms with Crippen molar-refractivity contribution < 1.29 is 4.74 Å². The highest BCUT2D eigenvalue weighted by atomic mass is 16.5. The molecule has 0 N–H and O–H groups in total. The van der Waals surface area contributed by atoms with Gasteiger partial charge in [-0.25, -0.2) is 0 Å². The molecule has 0 spiro atoms. The third-order valence-corrected chi connectivity index (χ3v) is 3.06. The van der Waals surface area contributed by atoms with Gasteiger partial charge in [0.15, 0.2) is 0 Å². The molecule has 19 heavy (non-hydrogen) atoms. The molecule has 0 aliphatic rings. The van der Waals surface area contributed by atoms with E-state index in [0.29, 0.717) is 12.6 Å². The van der Waals surface area contributed by atoms with Gasteiger partial charge in [0.2, 0.25) is 0 Å². The topological polar surface area (TPSA) is 12.5 Å². The quantitative estimate of drug-likeness (QED) is 0.496. The smallest absolute Gasteiger partial charge is 0.0711 e. The van der Waals surface area contributed by atoms with Crippen LogP contribution in [0, 0.1) is 0 Å². The maximum absolute atomic E-state index is 5.59. The zero-order valence-electron chi connectivity index (χ0n) is 12.1. The molecule has 0 aliphatic heterocycles. The van der Waals surface area contributed by atoms with E-state index in [2.05, 4.69) is 56.2 Å². The summed E-state index contributed by atoms with van der Waals surface area (Å²) in [6, 6.07) is 11.0. The van der Waals surface area contributed by atoms with Gasteiger partial charge in [-0.1, -0.05) is 49.6 Å². The van der Waals surface area contributed by atoms with Crippen LogP contribution < -0.4 is 0 Å². The number of nitrogens with zero attached hydrogens (tertiary/aromatic N) is 1. The minimum Gasteiger partial charge on any atom is -0.375 e. The lowest BCUT2D eigenvalue weighted by molar-refractivity contribution is 0.104. The predicted octanol–water partition coefficient (Wildman–Crippen LogP) is 3.66. The van der Waals surface area contributed by atoms with E-state index >= 15 is 0 Å². The lowest BCUT2D eigenvalue weighted by Gasteiger charge is -2.26. The number of ether oxygens (including phenoxy) is 1. The first kappa shape index (κ1) is 15.7. The molecule has 1 aromatic carbocycles. The largest absolute Gasteiger partial charge is 0.375 e. The van der Waals surface area contributed by atoms with Crippen LogP contribution in [-0.4, -0.2) is 30.7 Å². The molecule has 2 nitrogen and oxygen atoms in total. The Kier molecular flexibility index (Phi) is 7.16. The standard InChI is InChI=1S/C17H25NO/c1-5-16(4)14-19-12-11-18(15(2)3)13-17-9-7-6-8-10-17/h5-10,15H,1,4,11-14H2,2-3H3. The summed E-state index contributed by atoms with van der Waals surface area (Å²) in [5.74, 6) is 0. The number of hydrogen-bond donors (Lipinski definition) is 0. The lowest BCUT2D eigenvalue weighted by Crippen LogP contribution is -2.33. The Labute approximate surface area is 117 Å². The van der Waals surface area contributed by atoms with Crippen LogP contribution in [0.25, 0.3) is 0 Å². The van der Waals surface area contributed by atoms with Gasteiger partial charge in [-0.3, -0.25) is 4.90 Å². The Bertz CT molecular complexity index is 384. The summed E-state index contributed by atoms with van der Waals surface area (Å²) in [7, 11) is 0. The van der Waals surface area contributed by atoms with Crippen LogP contribution in [0.4, 0.5) is 0 Å². The Balaban J connectivity index is 2.37. The molecule has 0 unspecified atom stereocenters. The second kappa shape index (κ2) is 8.68. The van der Waals surface area contributed by atoms with Crippen LogP contribution in [0.3, 0.4) is 0 Å². The molecule has 0 amide bonds. The third kappa shape index (κ3) is 6.37. The van der Waals surface area contributed by atoms with E-state index in [1.165, 1.54) is 5.56 Å². The van der Waals surface area contributed by atoms with E-state index in [1.54, 1.807) is 6.08 Å². The van der Waals surface area contributed by atoms with E-state index in [-0.39, 0.29) is 0 Å². The van der Waals surface area contributed by atoms with Crippen LogP contribution in [0.15, 0.2) is 55.1 Å². The molecule has 2 heteroatoms. The van der Waals surface area contributed by atoms with Crippen LogP contribution in [0.2, 0.25) is 0 Å². The molecule has 1 aromatic rings. The first-order valence-corrected chi connectivity index (χ1v) is 6.79. The number of rotatable bonds is 9. The summed E-state index contributed by atoms with van der Waals surface area (Å²) >= 11 is 0. The summed E-state index contributed by atoms with van der Waals surface area (Å²) in [6.07, 6.45) is 1.74. The second-order valence-electron chi connectivity index (χ2n) is 4.96. The highest BCUT2D eigenvalue weighted by Crippen LogP contribution is 2.07. The molecule has 0 saturated carbocycles. The van der Waals surface area contributed by atoms with Crippen LogP contribution in [0.1, 0.15) is 19.4 Å². The fraction of sp³-hybridized carbons (Fsp3) is 0.412. The van der Waals surface area contributed by atoms with Crippen molar-refractivity contribution in [2.24, 2.45) is 0 Å². The van der Waals surface area contributed by atoms with Crippen LogP contribution in [-0.2, 0) is 11.3 Å². The van der Waals surface area contributed by atoms with Crippen molar-refractivity contribution in [3.05, 3.63) is 60.7 Å². The maximum atomic E-state index is 5.59. The molecule has 0 heterocycles. The van der Waals surface area contributed by atoms with Crippen molar-refractivity contribution >= 4 is 0 Å². The van der Waals surface area contributed by atoms with Gasteiger partial charge >= 0.3 is 0 Å². The van der Waals surface area contributed by atoms with E-state index < -0.39 is 0 Å². The van der Waals surface area contributed by atoms with Crippen LogP contribution >= 0.6 is 0 Å². The van der Waals surface area contributed by atoms with Gasteiger partial charge in [0, 0.05) is 19.1 Å². The zero-order chi connectivity index (χ0) is 14.1. The molecule has 0 fully saturated rings. The molecule has 0 aromatic heterocycles. The van der Waals surface area contributed by atoms with Crippen molar-refractivity contribution in [2.75, 3.05) is 19.8 Å². The second-order valence-corrected chi connectivity index (χ2v) is 4.96. The molecule has 0 bridgehead atoms. The average Bonchev–Trinajstić information content (AvgIpc) is 2.42. The van der Waals surface area contributed by atoms with Gasteiger partial charge in [0.1, 0.15) is 0 Å². The van der Waals surface area contributed by atoms with Crippen molar-refractivity contribution in [1.82, 2.24) is 4.90 Å². The highest BCUT2D eigenvalue weighted by molar-refractivity contribution is 5.14. The Morgan fingerprint density at radius 1 is 1.32 bits per heavy atom. The molecule has 0 aliphatic carbocycles. The normalized spacial score (nSPS) is 10.9. The Morgan fingerprint density at radius 3 is 2.58 bits per heavy atom. The fourth-order valence-corrected chi connectivity index (χ4v) is 1.78. The third-order valence-electron chi connectivity index (χ3n) is 3.06. The fourth-order valence-electron chi connectivity index (χ4n) is 1.78. The minimum atomic E-state index is 0.506. The molecule has 104 valence electrons. The van der Waals surface area contributed by atoms with Gasteiger partial charge in [0.25, 0.3) is 0 Å². The maximum Gasteiger partial charge on any atom is 0.0711 e. The molecular formula is C17H25NO. The Hall–Kier alpha value is -1.38. The van der Waals surface area contributed by atoms with Crippen molar-refractivity contribution in [1.29, 1.82) is 0 Å². The molecule has 1 rings (SSSR count). The monoisotopic (exact) mass is 259 g/mol. The highest BCUT2D eigenvalue weighted by Gasteiger charge is 2.09. The minimum absolute atomic E-state index is 0.506. The van der Waals surface area contributed by atoms with Crippen LogP contribution in [0.5, 0.6) is 0 Å². The first-order chi connectivity index (χ1) is 9.13.